The number of nitrogens with two attached hydrogens (primary N) is 2. The van der Waals surface area contributed by atoms with Crippen LogP contribution in [-0.2, 0) is 11.2 Å². The van der Waals surface area contributed by atoms with Gasteiger partial charge in [0.25, 0.3) is 0 Å². The van der Waals surface area contributed by atoms with Crippen molar-refractivity contribution in [1.82, 2.24) is 10.5 Å². The van der Waals surface area contributed by atoms with Gasteiger partial charge < -0.3 is 21.3 Å². The van der Waals surface area contributed by atoms with Crippen molar-refractivity contribution in [1.29, 1.82) is 0 Å². The fraction of sp³-hybridized carbons (Fsp3) is 0.310. The Morgan fingerprint density at radius 3 is 2.51 bits per heavy atom. The average molecular weight is 469 g/mol. The summed E-state index contributed by atoms with van der Waals surface area (Å²) < 4.78 is 5.36. The van der Waals surface area contributed by atoms with Crippen LogP contribution < -0.4 is 16.8 Å². The molecule has 1 amide bonds. The largest absolute Gasteiger partial charge is 0.380 e. The second kappa shape index (κ2) is 10.3. The fourth-order valence-electron chi connectivity index (χ4n) is 5.12. The van der Waals surface area contributed by atoms with Gasteiger partial charge in [0.2, 0.25) is 5.91 Å². The molecule has 35 heavy (non-hydrogen) atoms. The van der Waals surface area contributed by atoms with Crippen molar-refractivity contribution >= 4 is 22.7 Å². The summed E-state index contributed by atoms with van der Waals surface area (Å²) in [5.41, 5.74) is 16.7. The highest BCUT2D eigenvalue weighted by atomic mass is 16.5. The van der Waals surface area contributed by atoms with E-state index >= 15 is 0 Å². The maximum atomic E-state index is 13.3. The van der Waals surface area contributed by atoms with Crippen LogP contribution in [0.3, 0.4) is 0 Å². The average Bonchev–Trinajstić information content (AvgIpc) is 3.29. The molecule has 1 aliphatic carbocycles. The molecule has 0 spiro atoms. The third-order valence-corrected chi connectivity index (χ3v) is 7.27. The number of anilines is 1. The molecule has 0 radical (unpaired) electrons. The lowest BCUT2D eigenvalue weighted by Gasteiger charge is -2.29. The fourth-order valence-corrected chi connectivity index (χ4v) is 5.12. The zero-order chi connectivity index (χ0) is 24.2. The number of nitrogens with one attached hydrogen (secondary N) is 1. The molecule has 3 aromatic carbocycles. The predicted molar refractivity (Wildman–Crippen MR) is 139 cm³/mol. The Balaban J connectivity index is 1.41. The second-order valence-corrected chi connectivity index (χ2v) is 9.61. The number of hydrogen-bond acceptors (Lipinski definition) is 5. The summed E-state index contributed by atoms with van der Waals surface area (Å²) in [6.07, 6.45) is 4.61. The number of nitrogens with zero attached hydrogens (tertiary/aromatic N) is 1. The number of benzene rings is 3. The first-order valence-corrected chi connectivity index (χ1v) is 12.4. The van der Waals surface area contributed by atoms with E-state index in [0.717, 1.165) is 54.2 Å². The van der Waals surface area contributed by atoms with Crippen LogP contribution in [-0.4, -0.2) is 17.6 Å². The van der Waals surface area contributed by atoms with Gasteiger partial charge in [0.1, 0.15) is 0 Å². The van der Waals surface area contributed by atoms with Crippen molar-refractivity contribution in [2.45, 2.75) is 38.1 Å². The first-order valence-electron chi connectivity index (χ1n) is 12.4. The maximum Gasteiger partial charge on any atom is 0.223 e. The standard InChI is InChI=1S/C29H32N4O2/c30-18-20-9-11-21(12-10-20)29(34)32-26(15-19-5-2-1-3-6-19)24-8-4-7-22(16-24)23-13-14-25-27(17-23)35-33-28(25)31/h1-8,13-14,16-17,20-21,26H,9-12,15,18,30H2,(H2,31,33)(H,32,34). The summed E-state index contributed by atoms with van der Waals surface area (Å²) in [4.78, 5) is 13.3. The van der Waals surface area contributed by atoms with E-state index in [1.807, 2.05) is 42.5 Å². The number of carbonyl (C=O) groups excluding carboxylic acids is 1. The molecule has 1 unspecified atom stereocenters. The van der Waals surface area contributed by atoms with Gasteiger partial charge in [0, 0.05) is 5.92 Å². The smallest absolute Gasteiger partial charge is 0.223 e. The van der Waals surface area contributed by atoms with Gasteiger partial charge in [-0.1, -0.05) is 59.8 Å². The lowest BCUT2D eigenvalue weighted by atomic mass is 9.81. The molecule has 1 saturated carbocycles. The molecule has 0 bridgehead atoms. The maximum absolute atomic E-state index is 13.3. The topological polar surface area (TPSA) is 107 Å². The Labute approximate surface area is 205 Å². The normalized spacial score (nSPS) is 18.9. The van der Waals surface area contributed by atoms with Crippen LogP contribution in [0.15, 0.2) is 77.3 Å². The van der Waals surface area contributed by atoms with Crippen molar-refractivity contribution in [3.05, 3.63) is 83.9 Å². The van der Waals surface area contributed by atoms with E-state index in [0.29, 0.717) is 23.9 Å². The molecule has 1 aromatic heterocycles. The molecule has 6 nitrogen and oxygen atoms in total. The van der Waals surface area contributed by atoms with Gasteiger partial charge in [-0.25, -0.2) is 0 Å². The Kier molecular flexibility index (Phi) is 6.82. The van der Waals surface area contributed by atoms with Gasteiger partial charge in [0.05, 0.1) is 11.4 Å². The number of rotatable bonds is 7. The summed E-state index contributed by atoms with van der Waals surface area (Å²) >= 11 is 0. The highest BCUT2D eigenvalue weighted by Crippen LogP contribution is 2.31. The molecule has 1 fully saturated rings. The molecule has 1 heterocycles. The summed E-state index contributed by atoms with van der Waals surface area (Å²) in [5, 5.41) is 8.05. The molecule has 5 N–H and O–H groups in total. The minimum Gasteiger partial charge on any atom is -0.380 e. The van der Waals surface area contributed by atoms with E-state index < -0.39 is 0 Å². The molecular weight excluding hydrogens is 436 g/mol. The molecule has 0 aliphatic heterocycles. The van der Waals surface area contributed by atoms with Gasteiger partial charge in [-0.2, -0.15) is 0 Å². The van der Waals surface area contributed by atoms with E-state index in [1.165, 1.54) is 5.56 Å². The van der Waals surface area contributed by atoms with Crippen LogP contribution in [0.1, 0.15) is 42.9 Å². The van der Waals surface area contributed by atoms with Gasteiger partial charge >= 0.3 is 0 Å². The quantitative estimate of drug-likeness (QED) is 0.344. The molecule has 4 aromatic rings. The van der Waals surface area contributed by atoms with E-state index in [4.69, 9.17) is 16.0 Å². The van der Waals surface area contributed by atoms with Crippen LogP contribution in [0.4, 0.5) is 5.82 Å². The Bertz CT molecular complexity index is 1290. The SMILES string of the molecule is NCC1CCC(C(=O)NC(Cc2ccccc2)c2cccc(-c3ccc4c(N)noc4c3)c2)CC1. The van der Waals surface area contributed by atoms with E-state index in [9.17, 15) is 4.79 Å². The van der Waals surface area contributed by atoms with Crippen molar-refractivity contribution in [3.63, 3.8) is 0 Å². The van der Waals surface area contributed by atoms with Crippen molar-refractivity contribution in [2.75, 3.05) is 12.3 Å². The van der Waals surface area contributed by atoms with E-state index in [1.54, 1.807) is 0 Å². The van der Waals surface area contributed by atoms with Gasteiger partial charge in [-0.3, -0.25) is 4.79 Å². The summed E-state index contributed by atoms with van der Waals surface area (Å²) in [6, 6.07) is 24.5. The van der Waals surface area contributed by atoms with Crippen LogP contribution in [0.25, 0.3) is 22.1 Å². The minimum atomic E-state index is -0.123. The van der Waals surface area contributed by atoms with Crippen LogP contribution >= 0.6 is 0 Å². The monoisotopic (exact) mass is 468 g/mol. The van der Waals surface area contributed by atoms with Gasteiger partial charge in [-0.05, 0) is 85.0 Å². The minimum absolute atomic E-state index is 0.0542. The molecule has 6 heteroatoms. The third kappa shape index (κ3) is 5.23. The molecule has 180 valence electrons. The Morgan fingerprint density at radius 2 is 1.74 bits per heavy atom. The van der Waals surface area contributed by atoms with Crippen molar-refractivity contribution in [3.8, 4) is 11.1 Å². The van der Waals surface area contributed by atoms with E-state index in [-0.39, 0.29) is 17.9 Å². The second-order valence-electron chi connectivity index (χ2n) is 9.61. The van der Waals surface area contributed by atoms with Crippen LogP contribution in [0.2, 0.25) is 0 Å². The summed E-state index contributed by atoms with van der Waals surface area (Å²) in [6.45, 7) is 0.713. The lowest BCUT2D eigenvalue weighted by molar-refractivity contribution is -0.127. The van der Waals surface area contributed by atoms with Gasteiger partial charge in [-0.15, -0.1) is 0 Å². The van der Waals surface area contributed by atoms with Crippen LogP contribution in [0.5, 0.6) is 0 Å². The highest BCUT2D eigenvalue weighted by Gasteiger charge is 2.27. The van der Waals surface area contributed by atoms with Crippen LogP contribution in [0, 0.1) is 11.8 Å². The van der Waals surface area contributed by atoms with Crippen molar-refractivity contribution in [2.24, 2.45) is 17.6 Å². The zero-order valence-electron chi connectivity index (χ0n) is 19.8. The predicted octanol–water partition coefficient (Wildman–Crippen LogP) is 5.24. The van der Waals surface area contributed by atoms with Gasteiger partial charge in [0.15, 0.2) is 11.4 Å². The number of carbonyl (C=O) groups is 1. The van der Waals surface area contributed by atoms with E-state index in [2.05, 4.69) is 40.8 Å². The zero-order valence-corrected chi connectivity index (χ0v) is 19.8. The molecule has 0 saturated heterocycles. The van der Waals surface area contributed by atoms with Crippen molar-refractivity contribution < 1.29 is 9.32 Å². The number of fused-ring (bicyclic) bond motifs is 1. The first-order chi connectivity index (χ1) is 17.1. The highest BCUT2D eigenvalue weighted by molar-refractivity contribution is 5.90. The number of hydrogen-bond donors (Lipinski definition) is 3. The molecule has 1 aliphatic rings. The Hall–Kier alpha value is -3.64. The number of nitrogen functional groups attached to an aromatic ring is 1. The first kappa shape index (κ1) is 23.1. The summed E-state index contributed by atoms with van der Waals surface area (Å²) in [5.74, 6) is 1.14. The number of amides is 1. The lowest BCUT2D eigenvalue weighted by Crippen LogP contribution is -2.37. The molecule has 1 atom stereocenters. The molecular formula is C29H32N4O2. The third-order valence-electron chi connectivity index (χ3n) is 7.27. The Morgan fingerprint density at radius 1 is 0.971 bits per heavy atom. The molecule has 5 rings (SSSR count). The summed E-state index contributed by atoms with van der Waals surface area (Å²) in [7, 11) is 0. The number of aromatic nitrogens is 1.